The van der Waals surface area contributed by atoms with Crippen LogP contribution in [-0.2, 0) is 24.1 Å². The second kappa shape index (κ2) is 15.3. The highest BCUT2D eigenvalue weighted by Gasteiger charge is 2.34. The summed E-state index contributed by atoms with van der Waals surface area (Å²) < 4.78 is 57.2. The summed E-state index contributed by atoms with van der Waals surface area (Å²) in [6.45, 7) is 1.25. The summed E-state index contributed by atoms with van der Waals surface area (Å²) in [5.74, 6) is -2.92. The third-order valence-corrected chi connectivity index (χ3v) is 9.51. The van der Waals surface area contributed by atoms with E-state index in [4.69, 9.17) is 0 Å². The van der Waals surface area contributed by atoms with Crippen molar-refractivity contribution in [3.05, 3.63) is 124 Å². The first-order valence-corrected chi connectivity index (χ1v) is 16.5. The molecule has 0 saturated heterocycles. The predicted molar refractivity (Wildman–Crippen MR) is 177 cm³/mol. The first-order chi connectivity index (χ1) is 22.9. The third kappa shape index (κ3) is 8.96. The van der Waals surface area contributed by atoms with Gasteiger partial charge in [0.15, 0.2) is 0 Å². The first-order valence-electron chi connectivity index (χ1n) is 15.7. The number of carbonyl (C=O) groups excluding carboxylic acids is 1. The van der Waals surface area contributed by atoms with Crippen LogP contribution in [0.25, 0.3) is 0 Å². The Morgan fingerprint density at radius 2 is 1.56 bits per heavy atom. The molecule has 5 rings (SSSR count). The molecule has 0 unspecified atom stereocenters. The van der Waals surface area contributed by atoms with E-state index in [9.17, 15) is 37.4 Å². The van der Waals surface area contributed by atoms with Crippen LogP contribution in [0.5, 0.6) is 5.75 Å². The van der Waals surface area contributed by atoms with E-state index in [0.717, 1.165) is 48.0 Å². The Hall–Kier alpha value is -4.35. The molecule has 4 aromatic carbocycles. The Morgan fingerprint density at radius 1 is 0.875 bits per heavy atom. The highest BCUT2D eigenvalue weighted by atomic mass is 32.2. The lowest BCUT2D eigenvalue weighted by Gasteiger charge is -2.28. The number of phenols is 1. The fourth-order valence-corrected chi connectivity index (χ4v) is 6.89. The van der Waals surface area contributed by atoms with Gasteiger partial charge in [-0.05, 0) is 90.7 Å². The SMILES string of the molecule is Cc1ccc(SN(CC(=O)N(Cc2ccc(C3CCCCC3)cc2)c2ccc(C(=O)O)c(O)c2)Cc2ccc(F)cc2C(F)(F)F)cc1. The molecule has 0 aliphatic heterocycles. The molecule has 4 aromatic rings. The number of aromatic hydroxyl groups is 1. The standard InChI is InChI=1S/C37H36F4N2O4S/c1-24-7-16-31(17-8-24)48-42(22-28-13-14-29(38)19-33(28)37(39,40)41)23-35(45)43(30-15-18-32(36(46)47)34(44)20-30)21-25-9-11-27(12-10-25)26-5-3-2-4-6-26/h7-20,26,44H,2-6,21-23H2,1H3,(H,46,47). The molecule has 252 valence electrons. The van der Waals surface area contributed by atoms with Crippen molar-refractivity contribution < 1.29 is 37.4 Å². The molecule has 6 nitrogen and oxygen atoms in total. The van der Waals surface area contributed by atoms with Crippen molar-refractivity contribution in [2.24, 2.45) is 0 Å². The van der Waals surface area contributed by atoms with Crippen molar-refractivity contribution in [2.75, 3.05) is 11.4 Å². The molecule has 2 N–H and O–H groups in total. The van der Waals surface area contributed by atoms with Gasteiger partial charge in [0, 0.05) is 23.2 Å². The summed E-state index contributed by atoms with van der Waals surface area (Å²) in [4.78, 5) is 27.8. The van der Waals surface area contributed by atoms with Crippen molar-refractivity contribution >= 4 is 29.5 Å². The molecular formula is C37H36F4N2O4S. The maximum atomic E-state index is 14.2. The molecule has 48 heavy (non-hydrogen) atoms. The van der Waals surface area contributed by atoms with E-state index in [2.05, 4.69) is 0 Å². The van der Waals surface area contributed by atoms with Crippen LogP contribution >= 0.6 is 11.9 Å². The number of carbonyl (C=O) groups is 2. The van der Waals surface area contributed by atoms with Crippen LogP contribution in [0.2, 0.25) is 0 Å². The Bertz CT molecular complexity index is 1740. The summed E-state index contributed by atoms with van der Waals surface area (Å²) in [5, 5.41) is 19.9. The van der Waals surface area contributed by atoms with Crippen LogP contribution in [0, 0.1) is 12.7 Å². The second-order valence-electron chi connectivity index (χ2n) is 12.1. The minimum Gasteiger partial charge on any atom is -0.507 e. The lowest BCUT2D eigenvalue weighted by molar-refractivity contribution is -0.138. The van der Waals surface area contributed by atoms with Crippen molar-refractivity contribution in [3.8, 4) is 5.75 Å². The number of hydrogen-bond acceptors (Lipinski definition) is 5. The maximum Gasteiger partial charge on any atom is 0.416 e. The lowest BCUT2D eigenvalue weighted by atomic mass is 9.84. The van der Waals surface area contributed by atoms with Gasteiger partial charge in [-0.3, -0.25) is 4.79 Å². The summed E-state index contributed by atoms with van der Waals surface area (Å²) in [6.07, 6.45) is 1.03. The molecule has 1 saturated carbocycles. The average molecular weight is 681 g/mol. The van der Waals surface area contributed by atoms with Gasteiger partial charge in [0.1, 0.15) is 17.1 Å². The molecule has 0 spiro atoms. The Labute approximate surface area is 281 Å². The molecule has 0 radical (unpaired) electrons. The zero-order chi connectivity index (χ0) is 34.4. The summed E-state index contributed by atoms with van der Waals surface area (Å²) in [5.41, 5.74) is 1.52. The maximum absolute atomic E-state index is 14.2. The van der Waals surface area contributed by atoms with Crippen LogP contribution < -0.4 is 4.90 Å². The number of benzene rings is 4. The largest absolute Gasteiger partial charge is 0.507 e. The molecule has 0 aromatic heterocycles. The normalized spacial score (nSPS) is 13.9. The van der Waals surface area contributed by atoms with Gasteiger partial charge in [-0.15, -0.1) is 0 Å². The Balaban J connectivity index is 1.47. The fourth-order valence-electron chi connectivity index (χ4n) is 5.95. The Morgan fingerprint density at radius 3 is 2.19 bits per heavy atom. The van der Waals surface area contributed by atoms with Gasteiger partial charge in [-0.2, -0.15) is 13.2 Å². The molecule has 0 atom stereocenters. The minimum atomic E-state index is -4.82. The van der Waals surface area contributed by atoms with E-state index >= 15 is 0 Å². The van der Waals surface area contributed by atoms with Gasteiger partial charge < -0.3 is 15.1 Å². The number of anilines is 1. The topological polar surface area (TPSA) is 81.1 Å². The zero-order valence-corrected chi connectivity index (χ0v) is 27.2. The number of carboxylic acid groups (broad SMARTS) is 1. The number of aryl methyl sites for hydroxylation is 1. The molecule has 0 heterocycles. The zero-order valence-electron chi connectivity index (χ0n) is 26.3. The molecular weight excluding hydrogens is 644 g/mol. The van der Waals surface area contributed by atoms with Crippen molar-refractivity contribution in [1.82, 2.24) is 4.31 Å². The van der Waals surface area contributed by atoms with Gasteiger partial charge in [-0.25, -0.2) is 13.5 Å². The van der Waals surface area contributed by atoms with Crippen molar-refractivity contribution in [2.45, 2.75) is 69.1 Å². The number of halogens is 4. The number of rotatable bonds is 11. The van der Waals surface area contributed by atoms with E-state index in [1.165, 1.54) is 52.2 Å². The molecule has 1 aliphatic rings. The third-order valence-electron chi connectivity index (χ3n) is 8.51. The van der Waals surface area contributed by atoms with Gasteiger partial charge >= 0.3 is 12.1 Å². The molecule has 0 bridgehead atoms. The van der Waals surface area contributed by atoms with Gasteiger partial charge in [0.2, 0.25) is 5.91 Å². The van der Waals surface area contributed by atoms with Crippen LogP contribution in [0.3, 0.4) is 0 Å². The predicted octanol–water partition coefficient (Wildman–Crippen LogP) is 9.35. The number of alkyl halides is 3. The highest BCUT2D eigenvalue weighted by Crippen LogP contribution is 2.36. The Kier molecular flexibility index (Phi) is 11.1. The quantitative estimate of drug-likeness (QED) is 0.121. The minimum absolute atomic E-state index is 0.0586. The van der Waals surface area contributed by atoms with Gasteiger partial charge in [0.05, 0.1) is 18.7 Å². The van der Waals surface area contributed by atoms with E-state index in [1.807, 2.05) is 43.3 Å². The van der Waals surface area contributed by atoms with Crippen LogP contribution in [0.15, 0.2) is 89.8 Å². The van der Waals surface area contributed by atoms with Gasteiger partial charge in [-0.1, -0.05) is 67.3 Å². The lowest BCUT2D eigenvalue weighted by Crippen LogP contribution is -2.38. The molecule has 11 heteroatoms. The number of aromatic carboxylic acids is 1. The van der Waals surface area contributed by atoms with E-state index in [1.54, 1.807) is 12.1 Å². The van der Waals surface area contributed by atoms with Crippen molar-refractivity contribution in [1.29, 1.82) is 0 Å². The number of amides is 1. The van der Waals surface area contributed by atoms with Crippen LogP contribution in [0.1, 0.15) is 76.2 Å². The molecule has 1 amide bonds. The second-order valence-corrected chi connectivity index (χ2v) is 13.2. The monoisotopic (exact) mass is 680 g/mol. The van der Waals surface area contributed by atoms with Gasteiger partial charge in [0.25, 0.3) is 0 Å². The number of nitrogens with zero attached hydrogens (tertiary/aromatic N) is 2. The summed E-state index contributed by atoms with van der Waals surface area (Å²) in [7, 11) is 0. The van der Waals surface area contributed by atoms with E-state index in [-0.39, 0.29) is 36.4 Å². The van der Waals surface area contributed by atoms with Crippen LogP contribution in [0.4, 0.5) is 23.2 Å². The first kappa shape index (κ1) is 35.0. The molecule has 1 fully saturated rings. The van der Waals surface area contributed by atoms with E-state index in [0.29, 0.717) is 16.9 Å². The molecule has 1 aliphatic carbocycles. The van der Waals surface area contributed by atoms with Crippen LogP contribution in [-0.4, -0.2) is 32.9 Å². The highest BCUT2D eigenvalue weighted by molar-refractivity contribution is 7.97. The summed E-state index contributed by atoms with van der Waals surface area (Å²) in [6, 6.07) is 21.5. The number of carboxylic acids is 1. The van der Waals surface area contributed by atoms with Crippen molar-refractivity contribution in [3.63, 3.8) is 0 Å². The fraction of sp³-hybridized carbons (Fsp3) is 0.297. The number of hydrogen-bond donors (Lipinski definition) is 2. The average Bonchev–Trinajstić information content (AvgIpc) is 3.05. The summed E-state index contributed by atoms with van der Waals surface area (Å²) >= 11 is 1.09. The van der Waals surface area contributed by atoms with E-state index < -0.39 is 35.2 Å². The smallest absolute Gasteiger partial charge is 0.416 e.